The van der Waals surface area contributed by atoms with Gasteiger partial charge in [-0.15, -0.1) is 0 Å². The molecule has 0 aromatic heterocycles. The van der Waals surface area contributed by atoms with E-state index in [0.717, 1.165) is 5.56 Å². The Morgan fingerprint density at radius 3 is 2.52 bits per heavy atom. The lowest BCUT2D eigenvalue weighted by molar-refractivity contribution is -0.139. The number of rotatable bonds is 6. The minimum absolute atomic E-state index is 0.127. The zero-order valence-corrected chi connectivity index (χ0v) is 14.3. The number of carbonyl (C=O) groups excluding carboxylic acids is 1. The van der Waals surface area contributed by atoms with Crippen LogP contribution in [-0.4, -0.2) is 27.5 Å². The third kappa shape index (κ3) is 4.97. The first kappa shape index (κ1) is 17.3. The molecule has 120 valence electrons. The summed E-state index contributed by atoms with van der Waals surface area (Å²) in [5.41, 5.74) is 1.17. The van der Waals surface area contributed by atoms with Gasteiger partial charge in [-0.1, -0.05) is 41.9 Å². The first-order valence-corrected chi connectivity index (χ1v) is 7.72. The second-order valence-electron chi connectivity index (χ2n) is 4.63. The minimum Gasteiger partial charge on any atom is -0.481 e. The lowest BCUT2D eigenvalue weighted by Gasteiger charge is -2.17. The molecule has 1 N–H and O–H groups in total. The van der Waals surface area contributed by atoms with Crippen LogP contribution >= 0.6 is 27.7 Å². The van der Waals surface area contributed by atoms with Crippen molar-refractivity contribution in [1.82, 2.24) is 3.93 Å². The summed E-state index contributed by atoms with van der Waals surface area (Å²) < 4.78 is 6.50. The lowest BCUT2D eigenvalue weighted by atomic mass is 10.1. The number of carbonyl (C=O) groups is 2. The summed E-state index contributed by atoms with van der Waals surface area (Å²) >= 11 is 9.11. The van der Waals surface area contributed by atoms with E-state index in [2.05, 4.69) is 16.1 Å². The van der Waals surface area contributed by atoms with Crippen molar-refractivity contribution in [1.29, 1.82) is 0 Å². The highest BCUT2D eigenvalue weighted by Gasteiger charge is 2.19. The van der Waals surface area contributed by atoms with Crippen LogP contribution in [0.4, 0.5) is 0 Å². The molecule has 0 aliphatic heterocycles. The summed E-state index contributed by atoms with van der Waals surface area (Å²) in [6.45, 7) is -0.206. The molecule has 23 heavy (non-hydrogen) atoms. The minimum atomic E-state index is -1.14. The molecule has 1 amide bonds. The van der Waals surface area contributed by atoms with Crippen LogP contribution in [0.1, 0.15) is 15.9 Å². The molecule has 2 aromatic rings. The Morgan fingerprint density at radius 1 is 1.17 bits per heavy atom. The summed E-state index contributed by atoms with van der Waals surface area (Å²) in [4.78, 5) is 23.2. The van der Waals surface area contributed by atoms with Gasteiger partial charge in [0.15, 0.2) is 6.61 Å². The molecule has 0 aliphatic rings. The van der Waals surface area contributed by atoms with E-state index in [1.54, 1.807) is 6.07 Å². The predicted octanol–water partition coefficient (Wildman–Crippen LogP) is 3.76. The average molecular weight is 399 g/mol. The predicted molar refractivity (Wildman–Crippen MR) is 89.8 cm³/mol. The Labute approximate surface area is 146 Å². The van der Waals surface area contributed by atoms with E-state index < -0.39 is 12.6 Å². The third-order valence-electron chi connectivity index (χ3n) is 2.91. The van der Waals surface area contributed by atoms with E-state index in [-0.39, 0.29) is 17.2 Å². The Kier molecular flexibility index (Phi) is 6.01. The standard InChI is InChI=1S/C16H13BrClNO4/c17-19(9-11-4-2-1-3-5-11)16(22)13-7-6-12(18)8-14(13)23-10-15(20)21/h1-8H,9-10H2,(H,20,21). The maximum absolute atomic E-state index is 12.5. The van der Waals surface area contributed by atoms with Crippen molar-refractivity contribution < 1.29 is 19.4 Å². The van der Waals surface area contributed by atoms with Gasteiger partial charge in [-0.2, -0.15) is 0 Å². The molecular formula is C16H13BrClNO4. The van der Waals surface area contributed by atoms with Gasteiger partial charge in [-0.05, 0) is 23.8 Å². The number of hydrogen-bond donors (Lipinski definition) is 1. The van der Waals surface area contributed by atoms with Gasteiger partial charge in [0.25, 0.3) is 5.91 Å². The molecule has 0 bridgehead atoms. The van der Waals surface area contributed by atoms with Crippen molar-refractivity contribution in [2.45, 2.75) is 6.54 Å². The van der Waals surface area contributed by atoms with Gasteiger partial charge >= 0.3 is 5.97 Å². The summed E-state index contributed by atoms with van der Waals surface area (Å²) in [6, 6.07) is 13.9. The number of halogens is 2. The first-order valence-electron chi connectivity index (χ1n) is 6.63. The van der Waals surface area contributed by atoms with Crippen LogP contribution in [0.15, 0.2) is 48.5 Å². The average Bonchev–Trinajstić information content (AvgIpc) is 2.53. The largest absolute Gasteiger partial charge is 0.481 e. The number of aliphatic carboxylic acids is 1. The van der Waals surface area contributed by atoms with Crippen molar-refractivity contribution >= 4 is 39.6 Å². The van der Waals surface area contributed by atoms with E-state index in [4.69, 9.17) is 21.4 Å². The number of carboxylic acid groups (broad SMARTS) is 1. The molecular weight excluding hydrogens is 386 g/mol. The second-order valence-corrected chi connectivity index (χ2v) is 5.93. The van der Waals surface area contributed by atoms with Gasteiger partial charge < -0.3 is 9.84 Å². The quantitative estimate of drug-likeness (QED) is 0.753. The van der Waals surface area contributed by atoms with Crippen LogP contribution in [0.5, 0.6) is 5.75 Å². The Morgan fingerprint density at radius 2 is 1.87 bits per heavy atom. The van der Waals surface area contributed by atoms with Crippen LogP contribution in [0.25, 0.3) is 0 Å². The molecule has 0 saturated heterocycles. The summed E-state index contributed by atoms with van der Waals surface area (Å²) in [5.74, 6) is -1.36. The molecule has 0 unspecified atom stereocenters. The van der Waals surface area contributed by atoms with Crippen LogP contribution in [0.3, 0.4) is 0 Å². The molecule has 0 fully saturated rings. The normalized spacial score (nSPS) is 10.2. The molecule has 2 rings (SSSR count). The van der Waals surface area contributed by atoms with E-state index in [1.807, 2.05) is 30.3 Å². The molecule has 0 aliphatic carbocycles. The number of amides is 1. The van der Waals surface area contributed by atoms with Crippen molar-refractivity contribution in [3.8, 4) is 5.75 Å². The molecule has 0 heterocycles. The molecule has 2 aromatic carbocycles. The topological polar surface area (TPSA) is 66.8 Å². The van der Waals surface area contributed by atoms with Crippen LogP contribution in [-0.2, 0) is 11.3 Å². The number of nitrogens with zero attached hydrogens (tertiary/aromatic N) is 1. The maximum Gasteiger partial charge on any atom is 0.341 e. The van der Waals surface area contributed by atoms with E-state index in [0.29, 0.717) is 11.6 Å². The fourth-order valence-corrected chi connectivity index (χ4v) is 2.52. The van der Waals surface area contributed by atoms with Crippen LogP contribution in [0.2, 0.25) is 5.02 Å². The summed E-state index contributed by atoms with van der Waals surface area (Å²) in [6.07, 6.45) is 0. The van der Waals surface area contributed by atoms with Crippen LogP contribution in [0, 0.1) is 0 Å². The van der Waals surface area contributed by atoms with Crippen molar-refractivity contribution in [3.63, 3.8) is 0 Å². The lowest BCUT2D eigenvalue weighted by Crippen LogP contribution is -2.22. The molecule has 0 saturated carbocycles. The molecule has 0 radical (unpaired) electrons. The Balaban J connectivity index is 2.18. The maximum atomic E-state index is 12.5. The smallest absolute Gasteiger partial charge is 0.341 e. The first-order chi connectivity index (χ1) is 11.0. The third-order valence-corrected chi connectivity index (χ3v) is 3.72. The zero-order valence-electron chi connectivity index (χ0n) is 11.9. The van der Waals surface area contributed by atoms with E-state index in [1.165, 1.54) is 16.1 Å². The Hall–Kier alpha value is -2.05. The highest BCUT2D eigenvalue weighted by Crippen LogP contribution is 2.26. The SMILES string of the molecule is O=C(O)COc1cc(Cl)ccc1C(=O)N(Br)Cc1ccccc1. The van der Waals surface area contributed by atoms with Gasteiger partial charge in [-0.3, -0.25) is 8.72 Å². The highest BCUT2D eigenvalue weighted by molar-refractivity contribution is 9.07. The number of benzene rings is 2. The summed E-state index contributed by atoms with van der Waals surface area (Å²) in [5, 5.41) is 9.07. The Bertz CT molecular complexity index is 708. The van der Waals surface area contributed by atoms with Crippen molar-refractivity contribution in [2.24, 2.45) is 0 Å². The zero-order chi connectivity index (χ0) is 16.8. The number of carboxylic acids is 1. The number of ether oxygens (including phenoxy) is 1. The van der Waals surface area contributed by atoms with E-state index in [9.17, 15) is 9.59 Å². The molecule has 5 nitrogen and oxygen atoms in total. The number of hydrogen-bond acceptors (Lipinski definition) is 3. The summed E-state index contributed by atoms with van der Waals surface area (Å²) in [7, 11) is 0. The van der Waals surface area contributed by atoms with Gasteiger partial charge in [-0.25, -0.2) is 4.79 Å². The second kappa shape index (κ2) is 7.99. The van der Waals surface area contributed by atoms with Crippen molar-refractivity contribution in [3.05, 3.63) is 64.7 Å². The monoisotopic (exact) mass is 397 g/mol. The van der Waals surface area contributed by atoms with Crippen LogP contribution < -0.4 is 4.74 Å². The highest BCUT2D eigenvalue weighted by atomic mass is 79.9. The fourth-order valence-electron chi connectivity index (χ4n) is 1.88. The van der Waals surface area contributed by atoms with Crippen molar-refractivity contribution in [2.75, 3.05) is 6.61 Å². The van der Waals surface area contributed by atoms with Gasteiger partial charge in [0, 0.05) is 5.02 Å². The molecule has 0 atom stereocenters. The van der Waals surface area contributed by atoms with Gasteiger partial charge in [0.05, 0.1) is 28.3 Å². The van der Waals surface area contributed by atoms with Gasteiger partial charge in [0.1, 0.15) is 5.75 Å². The molecule has 0 spiro atoms. The van der Waals surface area contributed by atoms with E-state index >= 15 is 0 Å². The molecule has 7 heteroatoms. The fraction of sp³-hybridized carbons (Fsp3) is 0.125. The van der Waals surface area contributed by atoms with Gasteiger partial charge in [0.2, 0.25) is 0 Å².